The maximum Gasteiger partial charge on any atom is 0.389 e. The first kappa shape index (κ1) is 29.5. The number of hydrogen-bond donors (Lipinski definition) is 3. The summed E-state index contributed by atoms with van der Waals surface area (Å²) < 4.78 is 67.2. The van der Waals surface area contributed by atoms with Gasteiger partial charge >= 0.3 is 6.18 Å². The summed E-state index contributed by atoms with van der Waals surface area (Å²) in [5.41, 5.74) is 7.64. The van der Waals surface area contributed by atoms with Gasteiger partial charge in [-0.05, 0) is 57.2 Å². The van der Waals surface area contributed by atoms with E-state index in [1.165, 1.54) is 6.20 Å². The van der Waals surface area contributed by atoms with Crippen molar-refractivity contribution in [1.82, 2.24) is 24.8 Å². The number of rotatable bonds is 9. The van der Waals surface area contributed by atoms with Crippen LogP contribution in [0.3, 0.4) is 0 Å². The number of halogens is 5. The third-order valence-electron chi connectivity index (χ3n) is 7.44. The standard InChI is InChI=1S/C27H33F5N6O2/c1-14(2)38-20(23(33)40)13-34-25(38)22(16-6-9-26(28,29)10-7-16)24-36-18-5-4-17(12-19(18)37-24)15(3)35-21(39)8-11-27(30,31)32/h4-5,12-16,22H,6-11H2,1-3H3,(H2,33,40)(H,35,39)(H,36,37)/t15-,22+/m1/s1. The van der Waals surface area contributed by atoms with E-state index in [4.69, 9.17) is 10.7 Å². The number of benzene rings is 1. The highest BCUT2D eigenvalue weighted by Gasteiger charge is 2.41. The molecule has 218 valence electrons. The molecule has 2 heterocycles. The number of hydrogen-bond acceptors (Lipinski definition) is 4. The van der Waals surface area contributed by atoms with E-state index in [0.717, 1.165) is 0 Å². The number of aromatic nitrogens is 4. The Bertz CT molecular complexity index is 1370. The molecule has 0 saturated heterocycles. The number of alkyl halides is 5. The Kier molecular flexibility index (Phi) is 8.23. The third kappa shape index (κ3) is 6.61. The maximum atomic E-state index is 14.1. The molecule has 13 heteroatoms. The fourth-order valence-electron chi connectivity index (χ4n) is 5.40. The van der Waals surface area contributed by atoms with Gasteiger partial charge in [-0.25, -0.2) is 18.7 Å². The topological polar surface area (TPSA) is 119 Å². The van der Waals surface area contributed by atoms with Crippen LogP contribution < -0.4 is 11.1 Å². The fraction of sp³-hybridized carbons (Fsp3) is 0.556. The molecule has 0 spiro atoms. The monoisotopic (exact) mass is 568 g/mol. The number of carbonyl (C=O) groups is 2. The zero-order valence-electron chi connectivity index (χ0n) is 22.5. The van der Waals surface area contributed by atoms with Gasteiger partial charge in [0, 0.05) is 25.3 Å². The number of fused-ring (bicyclic) bond motifs is 1. The largest absolute Gasteiger partial charge is 0.389 e. The molecular weight excluding hydrogens is 535 g/mol. The number of H-pyrrole nitrogens is 1. The Morgan fingerprint density at radius 3 is 2.48 bits per heavy atom. The minimum Gasteiger partial charge on any atom is -0.364 e. The van der Waals surface area contributed by atoms with Crippen molar-refractivity contribution in [1.29, 1.82) is 0 Å². The summed E-state index contributed by atoms with van der Waals surface area (Å²) in [4.78, 5) is 36.7. The molecule has 8 nitrogen and oxygen atoms in total. The van der Waals surface area contributed by atoms with Crippen molar-refractivity contribution in [2.45, 2.75) is 89.4 Å². The highest BCUT2D eigenvalue weighted by molar-refractivity contribution is 5.91. The summed E-state index contributed by atoms with van der Waals surface area (Å²) in [7, 11) is 0. The zero-order chi connectivity index (χ0) is 29.4. The van der Waals surface area contributed by atoms with E-state index < -0.39 is 48.7 Å². The number of amides is 2. The maximum absolute atomic E-state index is 14.1. The number of primary amides is 1. The van der Waals surface area contributed by atoms with Crippen LogP contribution in [0, 0.1) is 5.92 Å². The van der Waals surface area contributed by atoms with Gasteiger partial charge in [0.25, 0.3) is 5.91 Å². The van der Waals surface area contributed by atoms with Crippen LogP contribution in [0.2, 0.25) is 0 Å². The van der Waals surface area contributed by atoms with Crippen LogP contribution in [-0.2, 0) is 4.79 Å². The Labute approximate surface area is 227 Å². The molecule has 0 unspecified atom stereocenters. The second-order valence-corrected chi connectivity index (χ2v) is 10.8. The fourth-order valence-corrected chi connectivity index (χ4v) is 5.40. The van der Waals surface area contributed by atoms with Gasteiger partial charge in [-0.3, -0.25) is 9.59 Å². The van der Waals surface area contributed by atoms with E-state index in [1.807, 2.05) is 13.8 Å². The molecule has 40 heavy (non-hydrogen) atoms. The van der Waals surface area contributed by atoms with Crippen molar-refractivity contribution >= 4 is 22.8 Å². The molecule has 0 aliphatic heterocycles. The van der Waals surface area contributed by atoms with E-state index in [2.05, 4.69) is 15.3 Å². The van der Waals surface area contributed by atoms with Crippen molar-refractivity contribution in [3.05, 3.63) is 47.3 Å². The number of carbonyl (C=O) groups excluding carboxylic acids is 2. The predicted molar refractivity (Wildman–Crippen MR) is 138 cm³/mol. The number of imidazole rings is 2. The number of nitrogens with zero attached hydrogens (tertiary/aromatic N) is 3. The van der Waals surface area contributed by atoms with Crippen LogP contribution in [0.25, 0.3) is 11.0 Å². The lowest BCUT2D eigenvalue weighted by Gasteiger charge is -2.33. The van der Waals surface area contributed by atoms with E-state index >= 15 is 0 Å². The molecule has 0 radical (unpaired) electrons. The van der Waals surface area contributed by atoms with Crippen LogP contribution in [0.1, 0.15) is 105 Å². The van der Waals surface area contributed by atoms with E-state index in [9.17, 15) is 31.5 Å². The molecule has 2 atom stereocenters. The first-order valence-corrected chi connectivity index (χ1v) is 13.3. The summed E-state index contributed by atoms with van der Waals surface area (Å²) in [5.74, 6) is -3.86. The molecule has 1 aliphatic carbocycles. The molecule has 1 fully saturated rings. The molecule has 1 saturated carbocycles. The number of aromatic amines is 1. The summed E-state index contributed by atoms with van der Waals surface area (Å²) in [6.07, 6.45) is -4.96. The van der Waals surface area contributed by atoms with Crippen LogP contribution >= 0.6 is 0 Å². The molecule has 2 aromatic heterocycles. The molecule has 3 aromatic rings. The second kappa shape index (κ2) is 11.2. The molecular formula is C27H33F5N6O2. The Morgan fingerprint density at radius 2 is 1.88 bits per heavy atom. The van der Waals surface area contributed by atoms with Crippen LogP contribution in [0.5, 0.6) is 0 Å². The van der Waals surface area contributed by atoms with Gasteiger partial charge in [0.15, 0.2) is 0 Å². The van der Waals surface area contributed by atoms with Crippen molar-refractivity contribution < 1.29 is 31.5 Å². The van der Waals surface area contributed by atoms with Crippen molar-refractivity contribution in [2.75, 3.05) is 0 Å². The minimum atomic E-state index is -4.42. The number of nitrogens with two attached hydrogens (primary N) is 1. The summed E-state index contributed by atoms with van der Waals surface area (Å²) in [5, 5.41) is 2.58. The van der Waals surface area contributed by atoms with E-state index in [0.29, 0.717) is 28.2 Å². The van der Waals surface area contributed by atoms with Gasteiger partial charge < -0.3 is 20.6 Å². The van der Waals surface area contributed by atoms with Crippen LogP contribution in [0.15, 0.2) is 24.4 Å². The van der Waals surface area contributed by atoms with E-state index in [1.54, 1.807) is 29.7 Å². The molecule has 2 amide bonds. The summed E-state index contributed by atoms with van der Waals surface area (Å²) >= 11 is 0. The average Bonchev–Trinajstić information content (AvgIpc) is 3.48. The molecule has 4 rings (SSSR count). The van der Waals surface area contributed by atoms with E-state index in [-0.39, 0.29) is 43.3 Å². The Balaban J connectivity index is 1.68. The van der Waals surface area contributed by atoms with Gasteiger partial charge in [0.2, 0.25) is 11.8 Å². The summed E-state index contributed by atoms with van der Waals surface area (Å²) in [6.45, 7) is 5.41. The van der Waals surface area contributed by atoms with Gasteiger partial charge in [-0.15, -0.1) is 0 Å². The lowest BCUT2D eigenvalue weighted by molar-refractivity contribution is -0.144. The van der Waals surface area contributed by atoms with Crippen LogP contribution in [-0.4, -0.2) is 43.4 Å². The lowest BCUT2D eigenvalue weighted by Crippen LogP contribution is -2.30. The Hall–Kier alpha value is -3.51. The first-order valence-electron chi connectivity index (χ1n) is 13.3. The van der Waals surface area contributed by atoms with Crippen molar-refractivity contribution in [2.24, 2.45) is 11.7 Å². The molecule has 4 N–H and O–H groups in total. The zero-order valence-corrected chi connectivity index (χ0v) is 22.5. The average molecular weight is 569 g/mol. The smallest absolute Gasteiger partial charge is 0.364 e. The molecule has 1 aromatic carbocycles. The highest BCUT2D eigenvalue weighted by atomic mass is 19.4. The van der Waals surface area contributed by atoms with Gasteiger partial charge in [0.1, 0.15) is 17.3 Å². The van der Waals surface area contributed by atoms with Gasteiger partial charge in [-0.1, -0.05) is 6.07 Å². The molecule has 0 bridgehead atoms. The van der Waals surface area contributed by atoms with Crippen LogP contribution in [0.4, 0.5) is 22.0 Å². The van der Waals surface area contributed by atoms with Gasteiger partial charge in [-0.2, -0.15) is 13.2 Å². The lowest BCUT2D eigenvalue weighted by atomic mass is 9.77. The first-order chi connectivity index (χ1) is 18.6. The van der Waals surface area contributed by atoms with Crippen molar-refractivity contribution in [3.8, 4) is 0 Å². The minimum absolute atomic E-state index is 0.190. The van der Waals surface area contributed by atoms with Crippen molar-refractivity contribution in [3.63, 3.8) is 0 Å². The third-order valence-corrected chi connectivity index (χ3v) is 7.44. The normalized spacial score (nSPS) is 17.7. The SMILES string of the molecule is CC(C)n1c(C(N)=O)cnc1[C@H](c1nc2ccc([C@@H](C)NC(=O)CCC(F)(F)F)cc2[nH]1)C1CCC(F)(F)CC1. The number of nitrogens with one attached hydrogen (secondary N) is 2. The summed E-state index contributed by atoms with van der Waals surface area (Å²) in [6, 6.07) is 4.43. The van der Waals surface area contributed by atoms with Gasteiger partial charge in [0.05, 0.1) is 35.6 Å². The highest BCUT2D eigenvalue weighted by Crippen LogP contribution is 2.45. The Morgan fingerprint density at radius 1 is 1.20 bits per heavy atom. The predicted octanol–water partition coefficient (Wildman–Crippen LogP) is 5.92. The second-order valence-electron chi connectivity index (χ2n) is 10.8. The molecule has 1 aliphatic rings. The quantitative estimate of drug-likeness (QED) is 0.278.